The molecule has 0 fully saturated rings. The van der Waals surface area contributed by atoms with Crippen LogP contribution in [0.15, 0.2) is 36.8 Å². The van der Waals surface area contributed by atoms with Crippen LogP contribution in [0, 0.1) is 0 Å². The van der Waals surface area contributed by atoms with E-state index in [-0.39, 0.29) is 5.91 Å². The van der Waals surface area contributed by atoms with Crippen molar-refractivity contribution in [1.29, 1.82) is 0 Å². The van der Waals surface area contributed by atoms with Gasteiger partial charge >= 0.3 is 0 Å². The van der Waals surface area contributed by atoms with Crippen LogP contribution in [0.2, 0.25) is 0 Å². The molecule has 0 saturated carbocycles. The molecule has 1 amide bonds. The second-order valence-electron chi connectivity index (χ2n) is 4.69. The van der Waals surface area contributed by atoms with E-state index >= 15 is 0 Å². The van der Waals surface area contributed by atoms with Gasteiger partial charge in [-0.2, -0.15) is 0 Å². The molecule has 3 rings (SSSR count). The van der Waals surface area contributed by atoms with Gasteiger partial charge in [0.1, 0.15) is 11.5 Å². The molecular weight excluding hydrogens is 268 g/mol. The zero-order chi connectivity index (χ0) is 15.0. The van der Waals surface area contributed by atoms with Gasteiger partial charge in [-0.3, -0.25) is 4.79 Å². The van der Waals surface area contributed by atoms with Crippen molar-refractivity contribution in [2.24, 2.45) is 0 Å². The minimum absolute atomic E-state index is 0.158. The van der Waals surface area contributed by atoms with E-state index in [1.807, 2.05) is 22.7 Å². The molecule has 106 valence electrons. The van der Waals surface area contributed by atoms with E-state index in [9.17, 15) is 4.79 Å². The lowest BCUT2D eigenvalue weighted by molar-refractivity contribution is -0.114. The second-order valence-corrected chi connectivity index (χ2v) is 4.69. The lowest BCUT2D eigenvalue weighted by atomic mass is 10.1. The molecule has 21 heavy (non-hydrogen) atoms. The Hall–Kier alpha value is -3.09. The Labute approximate surface area is 120 Å². The molecular formula is C14H14N6O. The number of nitrogens with zero attached hydrogens (tertiary/aromatic N) is 3. The Morgan fingerprint density at radius 2 is 2.05 bits per heavy atom. The second kappa shape index (κ2) is 4.78. The highest BCUT2D eigenvalue weighted by atomic mass is 16.1. The normalized spacial score (nSPS) is 10.7. The van der Waals surface area contributed by atoms with Crippen molar-refractivity contribution in [3.8, 4) is 11.1 Å². The molecule has 0 saturated heterocycles. The van der Waals surface area contributed by atoms with Gasteiger partial charge in [-0.05, 0) is 18.2 Å². The van der Waals surface area contributed by atoms with E-state index in [2.05, 4.69) is 15.3 Å². The summed E-state index contributed by atoms with van der Waals surface area (Å²) in [6, 6.07) is 5.54. The summed E-state index contributed by atoms with van der Waals surface area (Å²) in [5.74, 6) is 0.666. The van der Waals surface area contributed by atoms with Crippen LogP contribution in [0.5, 0.6) is 0 Å². The Kier molecular flexibility index (Phi) is 2.94. The molecule has 3 heterocycles. The van der Waals surface area contributed by atoms with Crippen LogP contribution < -0.4 is 16.8 Å². The van der Waals surface area contributed by atoms with Gasteiger partial charge in [0.2, 0.25) is 5.91 Å². The Bertz CT molecular complexity index is 839. The molecule has 0 atom stereocenters. The summed E-state index contributed by atoms with van der Waals surface area (Å²) in [5.41, 5.74) is 14.4. The van der Waals surface area contributed by atoms with E-state index in [1.165, 1.54) is 6.92 Å². The third-order valence-corrected chi connectivity index (χ3v) is 3.04. The molecule has 7 nitrogen and oxygen atoms in total. The van der Waals surface area contributed by atoms with Crippen molar-refractivity contribution in [2.75, 3.05) is 16.8 Å². The summed E-state index contributed by atoms with van der Waals surface area (Å²) in [7, 11) is 0. The first-order chi connectivity index (χ1) is 10.0. The Morgan fingerprint density at radius 3 is 2.76 bits per heavy atom. The number of pyridine rings is 2. The number of rotatable bonds is 2. The van der Waals surface area contributed by atoms with Gasteiger partial charge in [-0.15, -0.1) is 0 Å². The van der Waals surface area contributed by atoms with E-state index in [0.717, 1.165) is 16.8 Å². The highest BCUT2D eigenvalue weighted by Gasteiger charge is 2.06. The Morgan fingerprint density at radius 1 is 1.24 bits per heavy atom. The van der Waals surface area contributed by atoms with Crippen molar-refractivity contribution in [1.82, 2.24) is 14.4 Å². The maximum absolute atomic E-state index is 11.1. The number of aromatic nitrogens is 3. The molecule has 0 aromatic carbocycles. The number of amides is 1. The molecule has 0 radical (unpaired) electrons. The molecule has 0 aliphatic carbocycles. The van der Waals surface area contributed by atoms with Gasteiger partial charge in [0.15, 0.2) is 5.82 Å². The minimum atomic E-state index is -0.158. The van der Waals surface area contributed by atoms with Gasteiger partial charge in [-0.1, -0.05) is 0 Å². The monoisotopic (exact) mass is 282 g/mol. The number of carbonyl (C=O) groups is 1. The van der Waals surface area contributed by atoms with Crippen LogP contribution in [0.4, 0.5) is 17.3 Å². The summed E-state index contributed by atoms with van der Waals surface area (Å²) in [4.78, 5) is 19.4. The fraction of sp³-hybridized carbons (Fsp3) is 0.0714. The largest absolute Gasteiger partial charge is 0.396 e. The smallest absolute Gasteiger partial charge is 0.222 e. The van der Waals surface area contributed by atoms with Gasteiger partial charge in [0.05, 0.1) is 11.9 Å². The van der Waals surface area contributed by atoms with Crippen molar-refractivity contribution in [2.45, 2.75) is 6.92 Å². The fourth-order valence-electron chi connectivity index (χ4n) is 2.05. The van der Waals surface area contributed by atoms with Crippen LogP contribution in [0.1, 0.15) is 6.92 Å². The lowest BCUT2D eigenvalue weighted by Gasteiger charge is -2.05. The predicted molar refractivity (Wildman–Crippen MR) is 81.6 cm³/mol. The average Bonchev–Trinajstić information content (AvgIpc) is 2.82. The van der Waals surface area contributed by atoms with Gasteiger partial charge in [0.25, 0.3) is 0 Å². The highest BCUT2D eigenvalue weighted by Crippen LogP contribution is 2.24. The van der Waals surface area contributed by atoms with Gasteiger partial charge < -0.3 is 21.2 Å². The fourth-order valence-corrected chi connectivity index (χ4v) is 2.05. The summed E-state index contributed by atoms with van der Waals surface area (Å²) in [6.45, 7) is 1.44. The number of anilines is 3. The van der Waals surface area contributed by atoms with E-state index < -0.39 is 0 Å². The van der Waals surface area contributed by atoms with Gasteiger partial charge in [0, 0.05) is 30.4 Å². The summed E-state index contributed by atoms with van der Waals surface area (Å²) in [5, 5.41) is 2.65. The van der Waals surface area contributed by atoms with E-state index in [1.54, 1.807) is 18.5 Å². The van der Waals surface area contributed by atoms with Crippen LogP contribution >= 0.6 is 0 Å². The van der Waals surface area contributed by atoms with Crippen LogP contribution in [0.3, 0.4) is 0 Å². The molecule has 3 aromatic heterocycles. The molecule has 0 aliphatic heterocycles. The quantitative estimate of drug-likeness (QED) is 0.659. The van der Waals surface area contributed by atoms with Crippen LogP contribution in [-0.4, -0.2) is 20.3 Å². The first-order valence-electron chi connectivity index (χ1n) is 6.30. The SMILES string of the molecule is CC(=O)Nc1cn2cc(-c3cnc(N)c(N)c3)ccc2n1. The Balaban J connectivity index is 2.03. The molecule has 0 bridgehead atoms. The van der Waals surface area contributed by atoms with Crippen LogP contribution in [0.25, 0.3) is 16.8 Å². The number of hydrogen-bond donors (Lipinski definition) is 3. The zero-order valence-electron chi connectivity index (χ0n) is 11.4. The van der Waals surface area contributed by atoms with Gasteiger partial charge in [-0.25, -0.2) is 9.97 Å². The van der Waals surface area contributed by atoms with Crippen LogP contribution in [-0.2, 0) is 4.79 Å². The molecule has 0 spiro atoms. The number of fused-ring (bicyclic) bond motifs is 1. The van der Waals surface area contributed by atoms with Crippen molar-refractivity contribution >= 4 is 28.9 Å². The maximum Gasteiger partial charge on any atom is 0.222 e. The topological polar surface area (TPSA) is 111 Å². The van der Waals surface area contributed by atoms with E-state index in [0.29, 0.717) is 17.3 Å². The number of hydrogen-bond acceptors (Lipinski definition) is 5. The highest BCUT2D eigenvalue weighted by molar-refractivity contribution is 5.88. The zero-order valence-corrected chi connectivity index (χ0v) is 11.4. The van der Waals surface area contributed by atoms with Crippen molar-refractivity contribution in [3.63, 3.8) is 0 Å². The summed E-state index contributed by atoms with van der Waals surface area (Å²) in [6.07, 6.45) is 5.30. The average molecular weight is 282 g/mol. The maximum atomic E-state index is 11.1. The first-order valence-corrected chi connectivity index (χ1v) is 6.30. The molecule has 3 aromatic rings. The lowest BCUT2D eigenvalue weighted by Crippen LogP contribution is -2.05. The summed E-state index contributed by atoms with van der Waals surface area (Å²) < 4.78 is 1.83. The number of imidazole rings is 1. The van der Waals surface area contributed by atoms with Crippen molar-refractivity contribution < 1.29 is 4.79 Å². The predicted octanol–water partition coefficient (Wildman–Crippen LogP) is 1.52. The molecule has 0 unspecified atom stereocenters. The first kappa shape index (κ1) is 12.9. The van der Waals surface area contributed by atoms with Crippen molar-refractivity contribution in [3.05, 3.63) is 36.8 Å². The summed E-state index contributed by atoms with van der Waals surface area (Å²) >= 11 is 0. The molecule has 7 heteroatoms. The molecule has 5 N–H and O–H groups in total. The van der Waals surface area contributed by atoms with E-state index in [4.69, 9.17) is 11.5 Å². The standard InChI is InChI=1S/C14H14N6O/c1-8(21)18-12-7-20-6-9(2-3-13(20)19-12)10-4-11(15)14(16)17-5-10/h2-7H,15H2,1H3,(H2,16,17)(H,18,21). The number of nitrogen functional groups attached to an aromatic ring is 2. The third-order valence-electron chi connectivity index (χ3n) is 3.04. The molecule has 0 aliphatic rings. The number of nitrogens with one attached hydrogen (secondary N) is 1. The number of carbonyl (C=O) groups excluding carboxylic acids is 1. The number of nitrogens with two attached hydrogens (primary N) is 2. The third kappa shape index (κ3) is 2.48. The minimum Gasteiger partial charge on any atom is -0.396 e.